The number of rotatable bonds is 4. The number of amides is 1. The van der Waals surface area contributed by atoms with Gasteiger partial charge in [-0.25, -0.2) is 4.99 Å². The van der Waals surface area contributed by atoms with Gasteiger partial charge in [0.25, 0.3) is 0 Å². The first-order valence-corrected chi connectivity index (χ1v) is 9.81. The molecule has 2 N–H and O–H groups in total. The van der Waals surface area contributed by atoms with Crippen LogP contribution in [0.1, 0.15) is 38.3 Å². The van der Waals surface area contributed by atoms with Gasteiger partial charge in [-0.05, 0) is 74.8 Å². The summed E-state index contributed by atoms with van der Waals surface area (Å²) in [6, 6.07) is 13.9. The molecule has 1 aliphatic rings. The first-order chi connectivity index (χ1) is 13.3. The van der Waals surface area contributed by atoms with E-state index in [4.69, 9.17) is 17.2 Å². The number of amidine groups is 1. The lowest BCUT2D eigenvalue weighted by Crippen LogP contribution is -2.51. The number of para-hydroxylation sites is 1. The predicted octanol–water partition coefficient (Wildman–Crippen LogP) is 5.05. The monoisotopic (exact) mass is 394 g/mol. The molecule has 3 rings (SSSR count). The molecule has 146 valence electrons. The first-order valence-electron chi connectivity index (χ1n) is 9.40. The molecule has 1 atom stereocenters. The van der Waals surface area contributed by atoms with Gasteiger partial charge in [0, 0.05) is 24.0 Å². The first kappa shape index (κ1) is 20.0. The minimum atomic E-state index is -0.388. The maximum absolute atomic E-state index is 11.3. The van der Waals surface area contributed by atoms with Crippen molar-refractivity contribution >= 4 is 46.1 Å². The quantitative estimate of drug-likeness (QED) is 0.713. The minimum Gasteiger partial charge on any atom is -0.341 e. The normalized spacial score (nSPS) is 18.8. The summed E-state index contributed by atoms with van der Waals surface area (Å²) in [6.07, 6.45) is 0.831. The molecule has 28 heavy (non-hydrogen) atoms. The largest absolute Gasteiger partial charge is 0.341 e. The maximum atomic E-state index is 11.3. The van der Waals surface area contributed by atoms with Crippen LogP contribution < -0.4 is 15.5 Å². The Hall–Kier alpha value is -2.73. The maximum Gasteiger partial charge on any atom is 0.221 e. The Labute approximate surface area is 171 Å². The summed E-state index contributed by atoms with van der Waals surface area (Å²) in [7, 11) is 0. The minimum absolute atomic E-state index is 0.0914. The Morgan fingerprint density at radius 2 is 1.75 bits per heavy atom. The highest BCUT2D eigenvalue weighted by atomic mass is 32.1. The fourth-order valence-electron chi connectivity index (χ4n) is 3.49. The second-order valence-corrected chi connectivity index (χ2v) is 7.69. The molecule has 0 unspecified atom stereocenters. The number of nitrogens with one attached hydrogen (secondary N) is 2. The standard InChI is InChI=1S/C22H26N4OS/c1-6-22(5)20(24-19-14(2)8-7-9-15(19)3)25-21(28)26(22)18-12-10-17(11-13-18)23-16(4)27/h7-13H,6H2,1-5H3,(H,23,27)(H,24,25,28)/t22-/m0/s1. The van der Waals surface area contributed by atoms with Crippen molar-refractivity contribution in [3.05, 3.63) is 53.6 Å². The summed E-state index contributed by atoms with van der Waals surface area (Å²) in [5.74, 6) is 0.759. The van der Waals surface area contributed by atoms with Gasteiger partial charge in [0.1, 0.15) is 11.4 Å². The molecule has 1 aliphatic heterocycles. The number of aryl methyl sites for hydroxylation is 2. The van der Waals surface area contributed by atoms with E-state index in [9.17, 15) is 4.79 Å². The van der Waals surface area contributed by atoms with Crippen LogP contribution in [-0.2, 0) is 4.79 Å². The zero-order chi connectivity index (χ0) is 20.5. The van der Waals surface area contributed by atoms with Crippen molar-refractivity contribution < 1.29 is 4.79 Å². The number of aliphatic imine (C=N–C) groups is 1. The third-order valence-corrected chi connectivity index (χ3v) is 5.54. The fourth-order valence-corrected chi connectivity index (χ4v) is 3.89. The van der Waals surface area contributed by atoms with Crippen LogP contribution >= 0.6 is 12.2 Å². The number of hydrogen-bond donors (Lipinski definition) is 2. The SMILES string of the molecule is CC[C@@]1(C)C(Nc2c(C)cccc2C)=NC(=S)N1c1ccc(NC(C)=O)cc1. The second-order valence-electron chi connectivity index (χ2n) is 7.33. The van der Waals surface area contributed by atoms with Crippen LogP contribution in [0.3, 0.4) is 0 Å². The molecular formula is C22H26N4OS. The Morgan fingerprint density at radius 1 is 1.14 bits per heavy atom. The highest BCUT2D eigenvalue weighted by molar-refractivity contribution is 7.80. The van der Waals surface area contributed by atoms with E-state index < -0.39 is 0 Å². The number of carbonyl (C=O) groups is 1. The van der Waals surface area contributed by atoms with E-state index in [1.54, 1.807) is 0 Å². The molecule has 1 amide bonds. The Bertz CT molecular complexity index is 931. The van der Waals surface area contributed by atoms with Crippen LogP contribution in [0.15, 0.2) is 47.5 Å². The molecule has 2 aromatic rings. The van der Waals surface area contributed by atoms with Crippen molar-refractivity contribution in [3.63, 3.8) is 0 Å². The molecule has 0 bridgehead atoms. The third kappa shape index (κ3) is 3.64. The topological polar surface area (TPSA) is 56.7 Å². The smallest absolute Gasteiger partial charge is 0.221 e. The Morgan fingerprint density at radius 3 is 2.29 bits per heavy atom. The fraction of sp³-hybridized carbons (Fsp3) is 0.318. The summed E-state index contributed by atoms with van der Waals surface area (Å²) in [5.41, 5.74) is 4.74. The van der Waals surface area contributed by atoms with Gasteiger partial charge in [0.2, 0.25) is 11.0 Å². The number of nitrogens with zero attached hydrogens (tertiary/aromatic N) is 2. The van der Waals surface area contributed by atoms with Crippen LogP contribution in [-0.4, -0.2) is 22.4 Å². The molecular weight excluding hydrogens is 368 g/mol. The Kier molecular flexibility index (Phi) is 5.52. The van der Waals surface area contributed by atoms with Crippen molar-refractivity contribution in [2.75, 3.05) is 15.5 Å². The lowest BCUT2D eigenvalue weighted by Gasteiger charge is -2.36. The number of hydrogen-bond acceptors (Lipinski definition) is 3. The molecule has 5 nitrogen and oxygen atoms in total. The molecule has 0 aromatic heterocycles. The van der Waals surface area contributed by atoms with Crippen molar-refractivity contribution in [2.45, 2.75) is 46.6 Å². The van der Waals surface area contributed by atoms with Gasteiger partial charge in [0.15, 0.2) is 0 Å². The van der Waals surface area contributed by atoms with E-state index in [0.717, 1.165) is 29.3 Å². The molecule has 0 aliphatic carbocycles. The average Bonchev–Trinajstić information content (AvgIpc) is 2.89. The van der Waals surface area contributed by atoms with Crippen molar-refractivity contribution in [3.8, 4) is 0 Å². The van der Waals surface area contributed by atoms with Crippen LogP contribution in [0.5, 0.6) is 0 Å². The molecule has 0 spiro atoms. The number of anilines is 3. The zero-order valence-corrected chi connectivity index (χ0v) is 17.8. The van der Waals surface area contributed by atoms with Crippen LogP contribution in [0.25, 0.3) is 0 Å². The molecule has 2 aromatic carbocycles. The number of benzene rings is 2. The van der Waals surface area contributed by atoms with E-state index in [-0.39, 0.29) is 11.4 Å². The highest BCUT2D eigenvalue weighted by Crippen LogP contribution is 2.35. The summed E-state index contributed by atoms with van der Waals surface area (Å²) in [5, 5.41) is 6.87. The number of carbonyl (C=O) groups excluding carboxylic acids is 1. The van der Waals surface area contributed by atoms with Gasteiger partial charge in [-0.1, -0.05) is 25.1 Å². The van der Waals surface area contributed by atoms with Gasteiger partial charge < -0.3 is 15.5 Å². The predicted molar refractivity (Wildman–Crippen MR) is 121 cm³/mol. The van der Waals surface area contributed by atoms with E-state index in [1.807, 2.05) is 24.3 Å². The van der Waals surface area contributed by atoms with Crippen molar-refractivity contribution in [1.29, 1.82) is 0 Å². The van der Waals surface area contributed by atoms with E-state index in [2.05, 4.69) is 61.4 Å². The van der Waals surface area contributed by atoms with Gasteiger partial charge in [0.05, 0.1) is 0 Å². The van der Waals surface area contributed by atoms with Crippen molar-refractivity contribution in [2.24, 2.45) is 4.99 Å². The summed E-state index contributed by atoms with van der Waals surface area (Å²) >= 11 is 5.63. The molecule has 0 fully saturated rings. The summed E-state index contributed by atoms with van der Waals surface area (Å²) in [4.78, 5) is 18.0. The summed E-state index contributed by atoms with van der Waals surface area (Å²) < 4.78 is 0. The zero-order valence-electron chi connectivity index (χ0n) is 17.0. The van der Waals surface area contributed by atoms with Crippen LogP contribution in [0.4, 0.5) is 17.1 Å². The molecule has 1 heterocycles. The van der Waals surface area contributed by atoms with Crippen LogP contribution in [0.2, 0.25) is 0 Å². The van der Waals surface area contributed by atoms with Gasteiger partial charge in [-0.15, -0.1) is 0 Å². The van der Waals surface area contributed by atoms with E-state index in [0.29, 0.717) is 5.11 Å². The molecule has 0 radical (unpaired) electrons. The Balaban J connectivity index is 1.93. The average molecular weight is 395 g/mol. The van der Waals surface area contributed by atoms with Gasteiger partial charge in [-0.2, -0.15) is 0 Å². The lowest BCUT2D eigenvalue weighted by atomic mass is 9.94. The summed E-state index contributed by atoms with van der Waals surface area (Å²) in [6.45, 7) is 9.95. The van der Waals surface area contributed by atoms with E-state index in [1.165, 1.54) is 18.1 Å². The highest BCUT2D eigenvalue weighted by Gasteiger charge is 2.43. The second kappa shape index (κ2) is 7.72. The molecule has 0 saturated carbocycles. The third-order valence-electron chi connectivity index (χ3n) is 5.26. The molecule has 0 saturated heterocycles. The molecule has 6 heteroatoms. The van der Waals surface area contributed by atoms with Crippen molar-refractivity contribution in [1.82, 2.24) is 0 Å². The van der Waals surface area contributed by atoms with E-state index >= 15 is 0 Å². The van der Waals surface area contributed by atoms with Gasteiger partial charge >= 0.3 is 0 Å². The van der Waals surface area contributed by atoms with Gasteiger partial charge in [-0.3, -0.25) is 4.79 Å². The number of thiocarbonyl (C=S) groups is 1. The van der Waals surface area contributed by atoms with Crippen LogP contribution in [0, 0.1) is 13.8 Å². The lowest BCUT2D eigenvalue weighted by molar-refractivity contribution is -0.114.